The van der Waals surface area contributed by atoms with Crippen LogP contribution in [0.2, 0.25) is 0 Å². The minimum absolute atomic E-state index is 0.0808. The van der Waals surface area contributed by atoms with Gasteiger partial charge >= 0.3 is 6.09 Å². The van der Waals surface area contributed by atoms with Gasteiger partial charge < -0.3 is 10.1 Å². The minimum Gasteiger partial charge on any atom is -0.452 e. The molecule has 30 heavy (non-hydrogen) atoms. The van der Waals surface area contributed by atoms with Gasteiger partial charge in [0.1, 0.15) is 0 Å². The molecule has 11 heteroatoms. The van der Waals surface area contributed by atoms with Gasteiger partial charge in [-0.05, 0) is 37.3 Å². The molecule has 0 aliphatic rings. The van der Waals surface area contributed by atoms with Gasteiger partial charge in [-0.1, -0.05) is 11.3 Å². The fourth-order valence-electron chi connectivity index (χ4n) is 2.72. The number of amides is 2. The molecule has 0 spiro atoms. The standard InChI is InChI=1S/C19H18N6O5/c1-12-17(21-22-24(12)15-5-4-6-16(11-15)25(28)29)18(26)20-13-7-9-14(10-8-13)23(2)19(27)30-3/h4-11H,1-3H3,(H,20,26). The number of anilines is 2. The van der Waals surface area contributed by atoms with Crippen molar-refractivity contribution >= 4 is 29.1 Å². The van der Waals surface area contributed by atoms with Crippen LogP contribution in [0.1, 0.15) is 16.2 Å². The van der Waals surface area contributed by atoms with Gasteiger partial charge in [0, 0.05) is 30.6 Å². The number of methoxy groups -OCH3 is 1. The quantitative estimate of drug-likeness (QED) is 0.505. The second kappa shape index (κ2) is 8.39. The Morgan fingerprint density at radius 2 is 1.90 bits per heavy atom. The first-order valence-corrected chi connectivity index (χ1v) is 8.72. The average molecular weight is 410 g/mol. The summed E-state index contributed by atoms with van der Waals surface area (Å²) < 4.78 is 6.01. The molecule has 1 aromatic heterocycles. The third-order valence-corrected chi connectivity index (χ3v) is 4.36. The fourth-order valence-corrected chi connectivity index (χ4v) is 2.72. The molecule has 2 aromatic carbocycles. The van der Waals surface area contributed by atoms with Gasteiger partial charge in [0.15, 0.2) is 5.69 Å². The van der Waals surface area contributed by atoms with Crippen LogP contribution in [0.4, 0.5) is 21.9 Å². The summed E-state index contributed by atoms with van der Waals surface area (Å²) in [6, 6.07) is 12.4. The van der Waals surface area contributed by atoms with Crippen molar-refractivity contribution in [2.75, 3.05) is 24.4 Å². The van der Waals surface area contributed by atoms with E-state index in [4.69, 9.17) is 0 Å². The van der Waals surface area contributed by atoms with E-state index in [-0.39, 0.29) is 11.4 Å². The minimum atomic E-state index is -0.514. The first kappa shape index (κ1) is 20.5. The Bertz CT molecular complexity index is 1110. The monoisotopic (exact) mass is 410 g/mol. The zero-order chi connectivity index (χ0) is 21.8. The first-order valence-electron chi connectivity index (χ1n) is 8.72. The van der Waals surface area contributed by atoms with Gasteiger partial charge in [-0.15, -0.1) is 5.10 Å². The summed E-state index contributed by atoms with van der Waals surface area (Å²) in [5.74, 6) is -0.488. The van der Waals surface area contributed by atoms with E-state index in [2.05, 4.69) is 20.4 Å². The topological polar surface area (TPSA) is 132 Å². The lowest BCUT2D eigenvalue weighted by molar-refractivity contribution is -0.384. The largest absolute Gasteiger partial charge is 0.452 e. The second-order valence-corrected chi connectivity index (χ2v) is 6.24. The van der Waals surface area contributed by atoms with E-state index in [9.17, 15) is 19.7 Å². The number of carbonyl (C=O) groups excluding carboxylic acids is 2. The normalized spacial score (nSPS) is 10.4. The first-order chi connectivity index (χ1) is 14.3. The number of nitro groups is 1. The summed E-state index contributed by atoms with van der Waals surface area (Å²) >= 11 is 0. The van der Waals surface area contributed by atoms with Crippen LogP contribution in [0.3, 0.4) is 0 Å². The van der Waals surface area contributed by atoms with Crippen molar-refractivity contribution in [1.82, 2.24) is 15.0 Å². The predicted molar refractivity (Wildman–Crippen MR) is 108 cm³/mol. The van der Waals surface area contributed by atoms with Crippen LogP contribution in [0, 0.1) is 17.0 Å². The number of ether oxygens (including phenoxy) is 1. The number of nitrogens with one attached hydrogen (secondary N) is 1. The van der Waals surface area contributed by atoms with Gasteiger partial charge in [-0.3, -0.25) is 19.8 Å². The number of nitro benzene ring substituents is 1. The van der Waals surface area contributed by atoms with Gasteiger partial charge in [0.05, 0.1) is 23.4 Å². The highest BCUT2D eigenvalue weighted by atomic mass is 16.6. The van der Waals surface area contributed by atoms with Crippen LogP contribution < -0.4 is 10.2 Å². The van der Waals surface area contributed by atoms with Crippen molar-refractivity contribution in [3.05, 3.63) is 70.0 Å². The highest BCUT2D eigenvalue weighted by Crippen LogP contribution is 2.20. The zero-order valence-electron chi connectivity index (χ0n) is 16.4. The third-order valence-electron chi connectivity index (χ3n) is 4.36. The highest BCUT2D eigenvalue weighted by molar-refractivity contribution is 6.03. The Labute approximate surface area is 171 Å². The molecule has 3 aromatic rings. The molecular weight excluding hydrogens is 392 g/mol. The molecule has 0 aliphatic carbocycles. The summed E-state index contributed by atoms with van der Waals surface area (Å²) in [5, 5.41) is 21.5. The number of hydrogen-bond acceptors (Lipinski definition) is 7. The highest BCUT2D eigenvalue weighted by Gasteiger charge is 2.19. The molecular formula is C19H18N6O5. The van der Waals surface area contributed by atoms with Gasteiger partial charge in [-0.25, -0.2) is 9.48 Å². The van der Waals surface area contributed by atoms with E-state index in [0.29, 0.717) is 22.8 Å². The molecule has 11 nitrogen and oxygen atoms in total. The van der Waals surface area contributed by atoms with Gasteiger partial charge in [-0.2, -0.15) is 0 Å². The molecule has 0 radical (unpaired) electrons. The summed E-state index contributed by atoms with van der Waals surface area (Å²) in [5.41, 5.74) is 1.92. The Morgan fingerprint density at radius 3 is 2.53 bits per heavy atom. The van der Waals surface area contributed by atoms with Crippen LogP contribution in [0.15, 0.2) is 48.5 Å². The number of carbonyl (C=O) groups is 2. The van der Waals surface area contributed by atoms with Crippen molar-refractivity contribution in [3.63, 3.8) is 0 Å². The van der Waals surface area contributed by atoms with Crippen LogP contribution in [-0.4, -0.2) is 46.1 Å². The SMILES string of the molecule is COC(=O)N(C)c1ccc(NC(=O)c2nnn(-c3cccc([N+](=O)[O-])c3)c2C)cc1. The van der Waals surface area contributed by atoms with Gasteiger partial charge in [0.2, 0.25) is 0 Å². The molecule has 0 atom stereocenters. The molecule has 0 unspecified atom stereocenters. The van der Waals surface area contributed by atoms with Crippen LogP contribution >= 0.6 is 0 Å². The van der Waals surface area contributed by atoms with Crippen LogP contribution in [-0.2, 0) is 4.74 Å². The summed E-state index contributed by atoms with van der Waals surface area (Å²) in [4.78, 5) is 35.9. The van der Waals surface area contributed by atoms with Gasteiger partial charge in [0.25, 0.3) is 11.6 Å². The van der Waals surface area contributed by atoms with E-state index in [0.717, 1.165) is 0 Å². The molecule has 0 saturated carbocycles. The van der Waals surface area contributed by atoms with E-state index in [1.54, 1.807) is 44.3 Å². The number of benzene rings is 2. The number of non-ortho nitro benzene ring substituents is 1. The molecule has 1 N–H and O–H groups in total. The maximum atomic E-state index is 12.6. The summed E-state index contributed by atoms with van der Waals surface area (Å²) in [6.45, 7) is 1.64. The molecule has 0 aliphatic heterocycles. The Balaban J connectivity index is 1.78. The van der Waals surface area contributed by atoms with Crippen LogP contribution in [0.25, 0.3) is 5.69 Å². The van der Waals surface area contributed by atoms with E-state index < -0.39 is 16.9 Å². The van der Waals surface area contributed by atoms with E-state index >= 15 is 0 Å². The van der Waals surface area contributed by atoms with Crippen LogP contribution in [0.5, 0.6) is 0 Å². The third kappa shape index (κ3) is 4.09. The second-order valence-electron chi connectivity index (χ2n) is 6.24. The average Bonchev–Trinajstić information content (AvgIpc) is 3.14. The maximum Gasteiger partial charge on any atom is 0.413 e. The van der Waals surface area contributed by atoms with Crippen molar-refractivity contribution in [1.29, 1.82) is 0 Å². The Morgan fingerprint density at radius 1 is 1.20 bits per heavy atom. The molecule has 0 saturated heterocycles. The van der Waals surface area contributed by atoms with E-state index in [1.165, 1.54) is 34.9 Å². The number of nitrogens with zero attached hydrogens (tertiary/aromatic N) is 5. The molecule has 154 valence electrons. The lowest BCUT2D eigenvalue weighted by Crippen LogP contribution is -2.25. The molecule has 0 bridgehead atoms. The van der Waals surface area contributed by atoms with Crippen molar-refractivity contribution in [2.45, 2.75) is 6.92 Å². The molecule has 1 heterocycles. The number of hydrogen-bond donors (Lipinski definition) is 1. The molecule has 3 rings (SSSR count). The smallest absolute Gasteiger partial charge is 0.413 e. The fraction of sp³-hybridized carbons (Fsp3) is 0.158. The van der Waals surface area contributed by atoms with Crippen molar-refractivity contribution in [3.8, 4) is 5.69 Å². The lowest BCUT2D eigenvalue weighted by Gasteiger charge is -2.15. The predicted octanol–water partition coefficient (Wildman–Crippen LogP) is 2.94. The molecule has 0 fully saturated rings. The van der Waals surface area contributed by atoms with E-state index in [1.807, 2.05) is 0 Å². The summed E-state index contributed by atoms with van der Waals surface area (Å²) in [6.07, 6.45) is -0.514. The van der Waals surface area contributed by atoms with Crippen molar-refractivity contribution in [2.24, 2.45) is 0 Å². The Hall–Kier alpha value is -4.28. The molecule has 2 amide bonds. The Kier molecular flexibility index (Phi) is 5.72. The number of rotatable bonds is 5. The zero-order valence-corrected chi connectivity index (χ0v) is 16.4. The number of aromatic nitrogens is 3. The summed E-state index contributed by atoms with van der Waals surface area (Å²) in [7, 11) is 2.85. The maximum absolute atomic E-state index is 12.6. The van der Waals surface area contributed by atoms with Crippen molar-refractivity contribution < 1.29 is 19.2 Å². The lowest BCUT2D eigenvalue weighted by atomic mass is 10.2.